The largest absolute Gasteiger partial charge is 0.204 e. The normalized spacial score (nSPS) is 11.0. The Balaban J connectivity index is 2.23. The third kappa shape index (κ3) is 2.59. The second kappa shape index (κ2) is 5.41. The zero-order valence-corrected chi connectivity index (χ0v) is 13.9. The number of rotatable bonds is 1. The van der Waals surface area contributed by atoms with Crippen LogP contribution in [-0.2, 0) is 0 Å². The Morgan fingerprint density at radius 2 is 1.35 bits per heavy atom. The van der Waals surface area contributed by atoms with Crippen LogP contribution in [0.3, 0.4) is 0 Å². The molecular formula is C16H8BrF2I. The van der Waals surface area contributed by atoms with Crippen molar-refractivity contribution in [3.8, 4) is 11.1 Å². The maximum absolute atomic E-state index is 13.4. The molecule has 0 fully saturated rings. The molecular weight excluding hydrogens is 437 g/mol. The van der Waals surface area contributed by atoms with Crippen molar-refractivity contribution in [2.24, 2.45) is 0 Å². The third-order valence-electron chi connectivity index (χ3n) is 3.12. The van der Waals surface area contributed by atoms with Gasteiger partial charge in [-0.1, -0.05) is 28.1 Å². The average Bonchev–Trinajstić information content (AvgIpc) is 2.41. The molecule has 0 spiro atoms. The van der Waals surface area contributed by atoms with Gasteiger partial charge in [0, 0.05) is 8.04 Å². The smallest absolute Gasteiger partial charge is 0.159 e. The van der Waals surface area contributed by atoms with Crippen molar-refractivity contribution < 1.29 is 8.78 Å². The maximum atomic E-state index is 13.4. The lowest BCUT2D eigenvalue weighted by molar-refractivity contribution is 0.511. The van der Waals surface area contributed by atoms with Crippen LogP contribution < -0.4 is 0 Å². The van der Waals surface area contributed by atoms with Gasteiger partial charge in [0.2, 0.25) is 0 Å². The molecule has 0 bridgehead atoms. The summed E-state index contributed by atoms with van der Waals surface area (Å²) in [7, 11) is 0. The third-order valence-corrected chi connectivity index (χ3v) is 4.54. The second-order valence-corrected chi connectivity index (χ2v) is 6.53. The lowest BCUT2D eigenvalue weighted by atomic mass is 10.0. The van der Waals surface area contributed by atoms with Crippen LogP contribution in [0.5, 0.6) is 0 Å². The van der Waals surface area contributed by atoms with Crippen molar-refractivity contribution in [2.45, 2.75) is 0 Å². The van der Waals surface area contributed by atoms with Gasteiger partial charge in [0.1, 0.15) is 0 Å². The zero-order chi connectivity index (χ0) is 14.3. The molecule has 0 N–H and O–H groups in total. The first kappa shape index (κ1) is 13.9. The fourth-order valence-corrected chi connectivity index (χ4v) is 3.18. The first-order chi connectivity index (χ1) is 9.54. The van der Waals surface area contributed by atoms with E-state index in [1.807, 2.05) is 36.4 Å². The molecule has 0 saturated carbocycles. The number of hydrogen-bond acceptors (Lipinski definition) is 0. The summed E-state index contributed by atoms with van der Waals surface area (Å²) in [6.45, 7) is 0. The van der Waals surface area contributed by atoms with Gasteiger partial charge in [-0.15, -0.1) is 0 Å². The highest BCUT2D eigenvalue weighted by molar-refractivity contribution is 14.1. The summed E-state index contributed by atoms with van der Waals surface area (Å²) >= 11 is 5.61. The highest BCUT2D eigenvalue weighted by Crippen LogP contribution is 2.31. The molecule has 0 amide bonds. The predicted octanol–water partition coefficient (Wildman–Crippen LogP) is 6.15. The summed E-state index contributed by atoms with van der Waals surface area (Å²) in [5.41, 5.74) is 2.06. The van der Waals surface area contributed by atoms with E-state index in [9.17, 15) is 8.78 Å². The second-order valence-electron chi connectivity index (χ2n) is 4.45. The molecule has 3 aromatic carbocycles. The molecule has 20 heavy (non-hydrogen) atoms. The van der Waals surface area contributed by atoms with E-state index in [0.717, 1.165) is 19.2 Å². The summed E-state index contributed by atoms with van der Waals surface area (Å²) < 4.78 is 28.6. The van der Waals surface area contributed by atoms with Crippen LogP contribution in [0.4, 0.5) is 8.78 Å². The van der Waals surface area contributed by atoms with Crippen LogP contribution in [0, 0.1) is 15.2 Å². The minimum Gasteiger partial charge on any atom is -0.204 e. The topological polar surface area (TPSA) is 0 Å². The SMILES string of the molecule is Fc1cc2cc(I)c(-c3ccc(Br)cc3)cc2cc1F. The highest BCUT2D eigenvalue weighted by atomic mass is 127. The van der Waals surface area contributed by atoms with Crippen LogP contribution in [0.2, 0.25) is 0 Å². The number of halogens is 4. The monoisotopic (exact) mass is 444 g/mol. The van der Waals surface area contributed by atoms with Crippen molar-refractivity contribution in [1.82, 2.24) is 0 Å². The zero-order valence-electron chi connectivity index (χ0n) is 10.1. The van der Waals surface area contributed by atoms with Crippen molar-refractivity contribution in [2.75, 3.05) is 0 Å². The lowest BCUT2D eigenvalue weighted by Gasteiger charge is -2.08. The Bertz CT molecular complexity index is 798. The van der Waals surface area contributed by atoms with Crippen LogP contribution in [0.15, 0.2) is 53.0 Å². The average molecular weight is 445 g/mol. The van der Waals surface area contributed by atoms with Gasteiger partial charge < -0.3 is 0 Å². The first-order valence-corrected chi connectivity index (χ1v) is 7.76. The van der Waals surface area contributed by atoms with Gasteiger partial charge in [0.25, 0.3) is 0 Å². The number of hydrogen-bond donors (Lipinski definition) is 0. The van der Waals surface area contributed by atoms with E-state index >= 15 is 0 Å². The summed E-state index contributed by atoms with van der Waals surface area (Å²) in [4.78, 5) is 0. The van der Waals surface area contributed by atoms with Crippen molar-refractivity contribution in [1.29, 1.82) is 0 Å². The Kier molecular flexibility index (Phi) is 3.77. The van der Waals surface area contributed by atoms with E-state index in [-0.39, 0.29) is 0 Å². The van der Waals surface area contributed by atoms with Gasteiger partial charge >= 0.3 is 0 Å². The predicted molar refractivity (Wildman–Crippen MR) is 89.7 cm³/mol. The summed E-state index contributed by atoms with van der Waals surface area (Å²) in [6.07, 6.45) is 0. The van der Waals surface area contributed by atoms with Crippen molar-refractivity contribution in [3.05, 3.63) is 68.2 Å². The molecule has 0 radical (unpaired) electrons. The number of fused-ring (bicyclic) bond motifs is 1. The molecule has 4 heteroatoms. The van der Waals surface area contributed by atoms with E-state index in [1.54, 1.807) is 0 Å². The summed E-state index contributed by atoms with van der Waals surface area (Å²) in [5.74, 6) is -1.63. The van der Waals surface area contributed by atoms with Crippen LogP contribution in [0.1, 0.15) is 0 Å². The van der Waals surface area contributed by atoms with Crippen LogP contribution in [0.25, 0.3) is 21.9 Å². The standard InChI is InChI=1S/C16H8BrF2I/c17-12-3-1-9(2-4-12)13-5-10-6-14(18)15(19)7-11(10)8-16(13)20/h1-8H. The van der Waals surface area contributed by atoms with E-state index < -0.39 is 11.6 Å². The van der Waals surface area contributed by atoms with Gasteiger partial charge in [0.05, 0.1) is 0 Å². The fourth-order valence-electron chi connectivity index (χ4n) is 2.12. The van der Waals surface area contributed by atoms with Crippen molar-refractivity contribution >= 4 is 49.3 Å². The Hall–Kier alpha value is -1.01. The molecule has 0 heterocycles. The molecule has 0 aliphatic heterocycles. The molecule has 0 aliphatic rings. The Labute approximate surface area is 137 Å². The number of benzene rings is 3. The van der Waals surface area contributed by atoms with E-state index in [2.05, 4.69) is 38.5 Å². The molecule has 0 atom stereocenters. The van der Waals surface area contributed by atoms with E-state index in [0.29, 0.717) is 10.8 Å². The Morgan fingerprint density at radius 3 is 1.95 bits per heavy atom. The van der Waals surface area contributed by atoms with E-state index in [4.69, 9.17) is 0 Å². The quantitative estimate of drug-likeness (QED) is 0.395. The van der Waals surface area contributed by atoms with Gasteiger partial charge in [-0.3, -0.25) is 0 Å². The summed E-state index contributed by atoms with van der Waals surface area (Å²) in [6, 6.07) is 14.1. The minimum atomic E-state index is -0.819. The van der Waals surface area contributed by atoms with Gasteiger partial charge in [0.15, 0.2) is 11.6 Å². The van der Waals surface area contributed by atoms with Gasteiger partial charge in [-0.2, -0.15) is 0 Å². The first-order valence-electron chi connectivity index (χ1n) is 5.89. The lowest BCUT2D eigenvalue weighted by Crippen LogP contribution is -1.88. The van der Waals surface area contributed by atoms with Gasteiger partial charge in [-0.25, -0.2) is 8.78 Å². The van der Waals surface area contributed by atoms with Crippen LogP contribution in [-0.4, -0.2) is 0 Å². The maximum Gasteiger partial charge on any atom is 0.159 e. The highest BCUT2D eigenvalue weighted by Gasteiger charge is 2.09. The molecule has 100 valence electrons. The van der Waals surface area contributed by atoms with Crippen molar-refractivity contribution in [3.63, 3.8) is 0 Å². The minimum absolute atomic E-state index is 0.697. The van der Waals surface area contributed by atoms with Gasteiger partial charge in [-0.05, 0) is 80.9 Å². The van der Waals surface area contributed by atoms with E-state index in [1.165, 1.54) is 12.1 Å². The Morgan fingerprint density at radius 1 is 0.800 bits per heavy atom. The molecule has 0 aliphatic carbocycles. The molecule has 0 aromatic heterocycles. The molecule has 0 unspecified atom stereocenters. The molecule has 0 saturated heterocycles. The fraction of sp³-hybridized carbons (Fsp3) is 0. The molecule has 3 aromatic rings. The molecule has 3 rings (SSSR count). The molecule has 0 nitrogen and oxygen atoms in total. The summed E-state index contributed by atoms with van der Waals surface area (Å²) in [5, 5.41) is 1.40. The van der Waals surface area contributed by atoms with Crippen LogP contribution >= 0.6 is 38.5 Å².